The summed E-state index contributed by atoms with van der Waals surface area (Å²) in [4.78, 5) is 17.8. The van der Waals surface area contributed by atoms with Crippen LogP contribution in [0.1, 0.15) is 0 Å². The Morgan fingerprint density at radius 2 is 2.27 bits per heavy atom. The summed E-state index contributed by atoms with van der Waals surface area (Å²) in [6, 6.07) is 8.22. The third-order valence-electron chi connectivity index (χ3n) is 3.34. The molecule has 1 aromatic carbocycles. The van der Waals surface area contributed by atoms with Crippen LogP contribution in [0, 0.1) is 0 Å². The van der Waals surface area contributed by atoms with E-state index >= 15 is 0 Å². The number of aromatic nitrogens is 1. The minimum Gasteiger partial charge on any atom is -0.366 e. The number of rotatable bonds is 4. The Hall–Kier alpha value is -1.41. The molecule has 2 aromatic rings. The lowest BCUT2D eigenvalue weighted by molar-refractivity contribution is -0.128. The number of morpholine rings is 1. The molecule has 1 atom stereocenters. The predicted octanol–water partition coefficient (Wildman–Crippen LogP) is 2.46. The summed E-state index contributed by atoms with van der Waals surface area (Å²) in [5.74, 6) is -0.147. The van der Waals surface area contributed by atoms with E-state index in [0.717, 1.165) is 17.8 Å². The van der Waals surface area contributed by atoms with Gasteiger partial charge in [-0.2, -0.15) is 0 Å². The quantitative estimate of drug-likeness (QED) is 0.841. The van der Waals surface area contributed by atoms with Crippen molar-refractivity contribution in [2.45, 2.75) is 11.0 Å². The average molecular weight is 335 g/mol. The third kappa shape index (κ3) is 3.67. The molecule has 1 amide bonds. The van der Waals surface area contributed by atoms with Crippen molar-refractivity contribution in [2.24, 2.45) is 0 Å². The minimum atomic E-state index is -0.443. The smallest absolute Gasteiger partial charge is 0.256 e. The first-order chi connectivity index (χ1) is 10.8. The Balaban J connectivity index is 1.66. The summed E-state index contributed by atoms with van der Waals surface area (Å²) >= 11 is 3.13. The van der Waals surface area contributed by atoms with Crippen LogP contribution < -0.4 is 10.6 Å². The number of benzene rings is 1. The van der Waals surface area contributed by atoms with Gasteiger partial charge in [0.1, 0.15) is 6.10 Å². The molecular formula is C15H17N3O2S2. The molecular weight excluding hydrogens is 318 g/mol. The number of nitrogens with zero attached hydrogens (tertiary/aromatic N) is 1. The Morgan fingerprint density at radius 3 is 2.95 bits per heavy atom. The molecule has 3 rings (SSSR count). The van der Waals surface area contributed by atoms with Crippen LogP contribution in [0.3, 0.4) is 0 Å². The van der Waals surface area contributed by atoms with Gasteiger partial charge in [0.25, 0.3) is 5.91 Å². The lowest BCUT2D eigenvalue weighted by atomic mass is 10.2. The van der Waals surface area contributed by atoms with E-state index in [0.29, 0.717) is 18.3 Å². The van der Waals surface area contributed by atoms with Crippen LogP contribution in [-0.2, 0) is 9.53 Å². The van der Waals surface area contributed by atoms with Crippen LogP contribution in [0.5, 0.6) is 0 Å². The van der Waals surface area contributed by atoms with Gasteiger partial charge in [-0.05, 0) is 18.4 Å². The van der Waals surface area contributed by atoms with Crippen molar-refractivity contribution >= 4 is 34.1 Å². The van der Waals surface area contributed by atoms with Crippen molar-refractivity contribution in [3.8, 4) is 11.3 Å². The van der Waals surface area contributed by atoms with Gasteiger partial charge in [0.2, 0.25) is 0 Å². The Kier molecular flexibility index (Phi) is 5.09. The van der Waals surface area contributed by atoms with Crippen molar-refractivity contribution in [1.82, 2.24) is 10.3 Å². The second-order valence-electron chi connectivity index (χ2n) is 4.82. The summed E-state index contributed by atoms with van der Waals surface area (Å²) in [6.07, 6.45) is 1.61. The van der Waals surface area contributed by atoms with Gasteiger partial charge in [0.15, 0.2) is 5.13 Å². The number of amides is 1. The Bertz CT molecular complexity index is 636. The van der Waals surface area contributed by atoms with Gasteiger partial charge in [-0.1, -0.05) is 12.1 Å². The first-order valence-corrected chi connectivity index (χ1v) is 9.10. The number of carbonyl (C=O) groups is 1. The summed E-state index contributed by atoms with van der Waals surface area (Å²) in [7, 11) is 0. The molecule has 0 bridgehead atoms. The predicted molar refractivity (Wildman–Crippen MR) is 90.6 cm³/mol. The topological polar surface area (TPSA) is 63.2 Å². The van der Waals surface area contributed by atoms with Crippen LogP contribution in [0.25, 0.3) is 11.3 Å². The molecule has 1 aromatic heterocycles. The number of hydrogen-bond acceptors (Lipinski definition) is 6. The standard InChI is InChI=1S/C15H17N3O2S2/c1-21-11-4-2-10(3-5-11)12-9-22-15(17-12)18-14(19)13-8-16-6-7-20-13/h2-5,9,13,16H,6-8H2,1H3,(H,17,18,19). The van der Waals surface area contributed by atoms with Crippen LogP contribution >= 0.6 is 23.1 Å². The number of hydrogen-bond donors (Lipinski definition) is 2. The molecule has 2 N–H and O–H groups in total. The van der Waals surface area contributed by atoms with Gasteiger partial charge in [0.05, 0.1) is 12.3 Å². The van der Waals surface area contributed by atoms with Crippen molar-refractivity contribution in [3.05, 3.63) is 29.6 Å². The van der Waals surface area contributed by atoms with E-state index in [4.69, 9.17) is 4.74 Å². The average Bonchev–Trinajstić information content (AvgIpc) is 3.04. The van der Waals surface area contributed by atoms with Gasteiger partial charge in [-0.15, -0.1) is 23.1 Å². The van der Waals surface area contributed by atoms with E-state index in [1.165, 1.54) is 16.2 Å². The van der Waals surface area contributed by atoms with Gasteiger partial charge in [0, 0.05) is 28.9 Å². The molecule has 1 fully saturated rings. The highest BCUT2D eigenvalue weighted by molar-refractivity contribution is 7.98. The molecule has 0 radical (unpaired) electrons. The fourth-order valence-corrected chi connectivity index (χ4v) is 3.28. The monoisotopic (exact) mass is 335 g/mol. The van der Waals surface area contributed by atoms with Crippen molar-refractivity contribution in [2.75, 3.05) is 31.3 Å². The highest BCUT2D eigenvalue weighted by atomic mass is 32.2. The molecule has 0 saturated carbocycles. The molecule has 1 aliphatic rings. The molecule has 1 unspecified atom stereocenters. The Labute approximate surface area is 137 Å². The largest absolute Gasteiger partial charge is 0.366 e. The van der Waals surface area contributed by atoms with E-state index in [1.807, 2.05) is 23.8 Å². The fraction of sp³-hybridized carbons (Fsp3) is 0.333. The molecule has 5 nitrogen and oxygen atoms in total. The van der Waals surface area contributed by atoms with E-state index in [-0.39, 0.29) is 5.91 Å². The first-order valence-electron chi connectivity index (χ1n) is 6.99. The maximum atomic E-state index is 12.1. The zero-order valence-corrected chi connectivity index (χ0v) is 13.8. The number of thioether (sulfide) groups is 1. The zero-order valence-electron chi connectivity index (χ0n) is 12.2. The van der Waals surface area contributed by atoms with Crippen molar-refractivity contribution < 1.29 is 9.53 Å². The molecule has 0 spiro atoms. The number of carbonyl (C=O) groups excluding carboxylic acids is 1. The van der Waals surface area contributed by atoms with E-state index < -0.39 is 6.10 Å². The second kappa shape index (κ2) is 7.23. The minimum absolute atomic E-state index is 0.147. The lowest BCUT2D eigenvalue weighted by Crippen LogP contribution is -2.45. The van der Waals surface area contributed by atoms with Gasteiger partial charge in [-0.3, -0.25) is 10.1 Å². The van der Waals surface area contributed by atoms with Gasteiger partial charge in [-0.25, -0.2) is 4.98 Å². The second-order valence-corrected chi connectivity index (χ2v) is 6.56. The van der Waals surface area contributed by atoms with Crippen LogP contribution in [-0.4, -0.2) is 42.9 Å². The summed E-state index contributed by atoms with van der Waals surface area (Å²) in [5.41, 5.74) is 1.92. The molecule has 2 heterocycles. The van der Waals surface area contributed by atoms with E-state index in [9.17, 15) is 4.79 Å². The number of nitrogens with one attached hydrogen (secondary N) is 2. The SMILES string of the molecule is CSc1ccc(-c2csc(NC(=O)C3CNCCO3)n2)cc1. The van der Waals surface area contributed by atoms with E-state index in [1.54, 1.807) is 11.8 Å². The normalized spacial score (nSPS) is 18.1. The number of anilines is 1. The molecule has 0 aliphatic carbocycles. The lowest BCUT2D eigenvalue weighted by Gasteiger charge is -2.22. The zero-order chi connectivity index (χ0) is 15.4. The molecule has 116 valence electrons. The van der Waals surface area contributed by atoms with Crippen LogP contribution in [0.4, 0.5) is 5.13 Å². The molecule has 1 saturated heterocycles. The van der Waals surface area contributed by atoms with Crippen molar-refractivity contribution in [3.63, 3.8) is 0 Å². The third-order valence-corrected chi connectivity index (χ3v) is 4.84. The maximum absolute atomic E-state index is 12.1. The summed E-state index contributed by atoms with van der Waals surface area (Å²) in [5, 5.41) is 8.51. The molecule has 22 heavy (non-hydrogen) atoms. The van der Waals surface area contributed by atoms with Crippen LogP contribution in [0.2, 0.25) is 0 Å². The molecule has 7 heteroatoms. The van der Waals surface area contributed by atoms with Crippen molar-refractivity contribution in [1.29, 1.82) is 0 Å². The first kappa shape index (κ1) is 15.5. The molecule has 1 aliphatic heterocycles. The highest BCUT2D eigenvalue weighted by Crippen LogP contribution is 2.26. The summed E-state index contributed by atoms with van der Waals surface area (Å²) < 4.78 is 5.43. The summed E-state index contributed by atoms with van der Waals surface area (Å²) in [6.45, 7) is 1.89. The number of ether oxygens (including phenoxy) is 1. The Morgan fingerprint density at radius 1 is 1.45 bits per heavy atom. The maximum Gasteiger partial charge on any atom is 0.256 e. The van der Waals surface area contributed by atoms with E-state index in [2.05, 4.69) is 27.8 Å². The van der Waals surface area contributed by atoms with Gasteiger partial charge >= 0.3 is 0 Å². The fourth-order valence-electron chi connectivity index (χ4n) is 2.15. The highest BCUT2D eigenvalue weighted by Gasteiger charge is 2.22. The van der Waals surface area contributed by atoms with Gasteiger partial charge < -0.3 is 10.1 Å². The van der Waals surface area contributed by atoms with Crippen LogP contribution in [0.15, 0.2) is 34.5 Å². The number of thiazole rings is 1.